The second-order valence-corrected chi connectivity index (χ2v) is 12.5. The van der Waals surface area contributed by atoms with Gasteiger partial charge in [0.2, 0.25) is 5.91 Å². The molecule has 0 atom stereocenters. The Kier molecular flexibility index (Phi) is 6.25. The number of halogens is 1. The highest BCUT2D eigenvalue weighted by Crippen LogP contribution is 2.21. The van der Waals surface area contributed by atoms with E-state index in [1.165, 1.54) is 6.04 Å². The second-order valence-electron chi connectivity index (χ2n) is 5.39. The monoisotopic (exact) mass is 301 g/mol. The lowest BCUT2D eigenvalue weighted by Crippen LogP contribution is -2.21. The Morgan fingerprint density at radius 1 is 1.33 bits per heavy atom. The van der Waals surface area contributed by atoms with Gasteiger partial charge in [-0.05, 0) is 23.9 Å². The van der Waals surface area contributed by atoms with Gasteiger partial charge in [0.1, 0.15) is 0 Å². The molecule has 0 aliphatic heterocycles. The standard InChI is InChI=1S/C13H20ClNOSSi/c1-18(2,3)9-8-17-10-13(16)15-12-7-5-4-6-11(12)14/h4-7H,8-10H2,1-3H3,(H,15,16). The minimum Gasteiger partial charge on any atom is -0.324 e. The van der Waals surface area contributed by atoms with E-state index in [9.17, 15) is 4.79 Å². The van der Waals surface area contributed by atoms with E-state index in [1.807, 2.05) is 18.2 Å². The van der Waals surface area contributed by atoms with Gasteiger partial charge < -0.3 is 5.32 Å². The van der Waals surface area contributed by atoms with Gasteiger partial charge in [-0.3, -0.25) is 4.79 Å². The fraction of sp³-hybridized carbons (Fsp3) is 0.462. The van der Waals surface area contributed by atoms with Crippen molar-refractivity contribution in [1.82, 2.24) is 0 Å². The van der Waals surface area contributed by atoms with Crippen LogP contribution in [0.3, 0.4) is 0 Å². The van der Waals surface area contributed by atoms with E-state index in [-0.39, 0.29) is 5.91 Å². The van der Waals surface area contributed by atoms with Crippen molar-refractivity contribution in [3.63, 3.8) is 0 Å². The molecule has 1 aromatic rings. The molecule has 2 nitrogen and oxygen atoms in total. The van der Waals surface area contributed by atoms with Crippen LogP contribution in [-0.2, 0) is 4.79 Å². The molecule has 1 rings (SSSR count). The van der Waals surface area contributed by atoms with E-state index in [4.69, 9.17) is 11.6 Å². The van der Waals surface area contributed by atoms with Crippen molar-refractivity contribution in [2.75, 3.05) is 16.8 Å². The minimum absolute atomic E-state index is 0.0173. The molecule has 0 aliphatic carbocycles. The maximum Gasteiger partial charge on any atom is 0.234 e. The normalized spacial score (nSPS) is 11.3. The predicted octanol–water partition coefficient (Wildman–Crippen LogP) is 4.35. The van der Waals surface area contributed by atoms with Crippen molar-refractivity contribution >= 4 is 43.0 Å². The highest BCUT2D eigenvalue weighted by Gasteiger charge is 2.12. The summed E-state index contributed by atoms with van der Waals surface area (Å²) in [7, 11) is -0.986. The Morgan fingerprint density at radius 2 is 2.00 bits per heavy atom. The Hall–Kier alpha value is -0.453. The smallest absolute Gasteiger partial charge is 0.234 e. The lowest BCUT2D eigenvalue weighted by atomic mass is 10.3. The Balaban J connectivity index is 2.29. The number of hydrogen-bond acceptors (Lipinski definition) is 2. The topological polar surface area (TPSA) is 29.1 Å². The fourth-order valence-electron chi connectivity index (χ4n) is 1.29. The van der Waals surface area contributed by atoms with Crippen LogP contribution in [0, 0.1) is 0 Å². The van der Waals surface area contributed by atoms with Crippen molar-refractivity contribution in [1.29, 1.82) is 0 Å². The molecule has 1 aromatic carbocycles. The van der Waals surface area contributed by atoms with Crippen molar-refractivity contribution in [2.45, 2.75) is 25.7 Å². The number of carbonyl (C=O) groups is 1. The highest BCUT2D eigenvalue weighted by atomic mass is 35.5. The summed E-state index contributed by atoms with van der Waals surface area (Å²) in [6, 6.07) is 8.54. The highest BCUT2D eigenvalue weighted by molar-refractivity contribution is 8.00. The van der Waals surface area contributed by atoms with Gasteiger partial charge in [-0.15, -0.1) is 0 Å². The van der Waals surface area contributed by atoms with Gasteiger partial charge in [-0.1, -0.05) is 43.4 Å². The first-order valence-corrected chi connectivity index (χ1v) is 11.2. The lowest BCUT2D eigenvalue weighted by Gasteiger charge is -2.14. The molecule has 0 spiro atoms. The van der Waals surface area contributed by atoms with Crippen LogP contribution in [0.1, 0.15) is 0 Å². The zero-order chi connectivity index (χ0) is 13.6. The van der Waals surface area contributed by atoms with Crippen LogP contribution in [0.5, 0.6) is 0 Å². The summed E-state index contributed by atoms with van der Waals surface area (Å²) >= 11 is 7.67. The van der Waals surface area contributed by atoms with Gasteiger partial charge >= 0.3 is 0 Å². The Labute approximate surface area is 120 Å². The van der Waals surface area contributed by atoms with Gasteiger partial charge in [-0.25, -0.2) is 0 Å². The Morgan fingerprint density at radius 3 is 2.61 bits per heavy atom. The number of amides is 1. The molecule has 0 bridgehead atoms. The molecule has 18 heavy (non-hydrogen) atoms. The summed E-state index contributed by atoms with van der Waals surface area (Å²) in [6.45, 7) is 7.03. The summed E-state index contributed by atoms with van der Waals surface area (Å²) in [5.74, 6) is 1.57. The number of nitrogens with one attached hydrogen (secondary N) is 1. The molecular weight excluding hydrogens is 282 g/mol. The summed E-state index contributed by atoms with van der Waals surface area (Å²) in [4.78, 5) is 11.7. The molecular formula is C13H20ClNOSSi. The number of thioether (sulfide) groups is 1. The fourth-order valence-corrected chi connectivity index (χ4v) is 4.90. The largest absolute Gasteiger partial charge is 0.324 e. The molecule has 0 aromatic heterocycles. The van der Waals surface area contributed by atoms with Crippen LogP contribution in [0.25, 0.3) is 0 Å². The molecule has 5 heteroatoms. The average Bonchev–Trinajstić information content (AvgIpc) is 2.26. The molecule has 1 N–H and O–H groups in total. The number of carbonyl (C=O) groups excluding carboxylic acids is 1. The van der Waals surface area contributed by atoms with Crippen LogP contribution in [0.2, 0.25) is 30.7 Å². The van der Waals surface area contributed by atoms with Gasteiger partial charge in [-0.2, -0.15) is 11.8 Å². The number of benzene rings is 1. The van der Waals surface area contributed by atoms with Gasteiger partial charge in [0, 0.05) is 8.07 Å². The van der Waals surface area contributed by atoms with E-state index >= 15 is 0 Å². The molecule has 100 valence electrons. The van der Waals surface area contributed by atoms with Gasteiger partial charge in [0.05, 0.1) is 16.5 Å². The summed E-state index contributed by atoms with van der Waals surface area (Å²) in [5, 5.41) is 3.41. The van der Waals surface area contributed by atoms with Gasteiger partial charge in [0.15, 0.2) is 0 Å². The summed E-state index contributed by atoms with van der Waals surface area (Å²) in [5.41, 5.74) is 0.690. The van der Waals surface area contributed by atoms with Crippen LogP contribution >= 0.6 is 23.4 Å². The maximum absolute atomic E-state index is 11.7. The molecule has 0 unspecified atom stereocenters. The number of rotatable bonds is 6. The van der Waals surface area contributed by atoms with Crippen LogP contribution < -0.4 is 5.32 Å². The third-order valence-corrected chi connectivity index (χ3v) is 5.78. The Bertz CT molecular complexity index is 406. The average molecular weight is 302 g/mol. The maximum atomic E-state index is 11.7. The molecule has 0 saturated heterocycles. The molecule has 0 saturated carbocycles. The van der Waals surface area contributed by atoms with Crippen LogP contribution in [-0.4, -0.2) is 25.5 Å². The van der Waals surface area contributed by atoms with Crippen molar-refractivity contribution < 1.29 is 4.79 Å². The number of hydrogen-bond donors (Lipinski definition) is 1. The van der Waals surface area contributed by atoms with E-state index < -0.39 is 8.07 Å². The van der Waals surface area contributed by atoms with Crippen LogP contribution in [0.15, 0.2) is 24.3 Å². The van der Waals surface area contributed by atoms with Gasteiger partial charge in [0.25, 0.3) is 0 Å². The van der Waals surface area contributed by atoms with E-state index in [0.29, 0.717) is 16.5 Å². The first-order valence-electron chi connectivity index (χ1n) is 6.00. The first-order chi connectivity index (χ1) is 8.38. The number of anilines is 1. The molecule has 0 fully saturated rings. The third kappa shape index (κ3) is 6.47. The second kappa shape index (κ2) is 7.21. The molecule has 0 radical (unpaired) electrons. The zero-order valence-corrected chi connectivity index (χ0v) is 13.7. The molecule has 0 heterocycles. The van der Waals surface area contributed by atoms with Crippen LogP contribution in [0.4, 0.5) is 5.69 Å². The SMILES string of the molecule is C[Si](C)(C)CCSCC(=O)Nc1ccccc1Cl. The van der Waals surface area contributed by atoms with Crippen molar-refractivity contribution in [3.05, 3.63) is 29.3 Å². The predicted molar refractivity (Wildman–Crippen MR) is 85.6 cm³/mol. The lowest BCUT2D eigenvalue weighted by molar-refractivity contribution is -0.113. The molecule has 0 aliphatic rings. The summed E-state index contributed by atoms with van der Waals surface area (Å²) in [6.07, 6.45) is 0. The van der Waals surface area contributed by atoms with Crippen molar-refractivity contribution in [3.8, 4) is 0 Å². The number of para-hydroxylation sites is 1. The van der Waals surface area contributed by atoms with E-state index in [0.717, 1.165) is 5.75 Å². The quantitative estimate of drug-likeness (QED) is 0.625. The van der Waals surface area contributed by atoms with Crippen molar-refractivity contribution in [2.24, 2.45) is 0 Å². The molecule has 1 amide bonds. The third-order valence-electron chi connectivity index (χ3n) is 2.38. The minimum atomic E-state index is -0.986. The zero-order valence-electron chi connectivity index (χ0n) is 11.1. The summed E-state index contributed by atoms with van der Waals surface area (Å²) < 4.78 is 0. The van der Waals surface area contributed by atoms with E-state index in [2.05, 4.69) is 25.0 Å². The van der Waals surface area contributed by atoms with E-state index in [1.54, 1.807) is 17.8 Å². The first kappa shape index (κ1) is 15.6.